The van der Waals surface area contributed by atoms with E-state index in [1.807, 2.05) is 20.8 Å². The summed E-state index contributed by atoms with van der Waals surface area (Å²) in [5.74, 6) is 0.330. The number of halogens is 1. The number of benzene rings is 2. The predicted octanol–water partition coefficient (Wildman–Crippen LogP) is 4.90. The lowest BCUT2D eigenvalue weighted by atomic mass is 9.98. The third-order valence-electron chi connectivity index (χ3n) is 8.93. The van der Waals surface area contributed by atoms with Gasteiger partial charge in [-0.25, -0.2) is 23.1 Å². The van der Waals surface area contributed by atoms with E-state index in [0.717, 1.165) is 23.9 Å². The lowest BCUT2D eigenvalue weighted by Gasteiger charge is -2.37. The molecule has 17 heteroatoms. The SMILES string of the molecule is CC[Si](CC)(CC)O[C@@H]1[C@@H](CO[PH](=O)Oc2ccccc2)O[C@@H](n2ccc(=O)n(COC(O)[C@@H](NC(=O)OC)c3ccccc3)c2=O)[C@]1(C)F. The van der Waals surface area contributed by atoms with Crippen LogP contribution < -0.4 is 21.1 Å². The van der Waals surface area contributed by atoms with Crippen LogP contribution in [0.2, 0.25) is 18.1 Å². The number of aromatic nitrogens is 2. The Labute approximate surface area is 291 Å². The average molecular weight is 738 g/mol. The molecule has 50 heavy (non-hydrogen) atoms. The molecule has 0 radical (unpaired) electrons. The molecular weight excluding hydrogens is 692 g/mol. The monoisotopic (exact) mass is 737 g/mol. The van der Waals surface area contributed by atoms with E-state index in [4.69, 9.17) is 22.9 Å². The lowest BCUT2D eigenvalue weighted by Crippen LogP contribution is -2.52. The summed E-state index contributed by atoms with van der Waals surface area (Å²) in [7, 11) is -4.41. The molecule has 1 fully saturated rings. The molecule has 2 aromatic carbocycles. The molecule has 2 N–H and O–H groups in total. The highest BCUT2D eigenvalue weighted by molar-refractivity contribution is 7.33. The molecule has 1 saturated heterocycles. The molecule has 0 bridgehead atoms. The number of aliphatic hydroxyl groups is 1. The Hall–Kier alpha value is -3.63. The van der Waals surface area contributed by atoms with E-state index in [9.17, 15) is 24.1 Å². The maximum absolute atomic E-state index is 17.1. The molecular formula is C33H45FN3O11PSi. The van der Waals surface area contributed by atoms with E-state index >= 15 is 4.39 Å². The zero-order valence-electron chi connectivity index (χ0n) is 28.7. The predicted molar refractivity (Wildman–Crippen MR) is 184 cm³/mol. The van der Waals surface area contributed by atoms with Gasteiger partial charge in [-0.2, -0.15) is 0 Å². The Morgan fingerprint density at radius 1 is 1.06 bits per heavy atom. The molecule has 1 aliphatic heterocycles. The van der Waals surface area contributed by atoms with Crippen LogP contribution in [0.3, 0.4) is 0 Å². The van der Waals surface area contributed by atoms with Crippen molar-refractivity contribution in [3.8, 4) is 5.75 Å². The van der Waals surface area contributed by atoms with Crippen LogP contribution in [0.25, 0.3) is 0 Å². The van der Waals surface area contributed by atoms with Gasteiger partial charge >= 0.3 is 20.0 Å². The lowest BCUT2D eigenvalue weighted by molar-refractivity contribution is -0.146. The third-order valence-corrected chi connectivity index (χ3v) is 14.4. The number of hydrogen-bond acceptors (Lipinski definition) is 11. The number of amides is 1. The topological polar surface area (TPSA) is 166 Å². The summed E-state index contributed by atoms with van der Waals surface area (Å²) in [6.45, 7) is 6.07. The van der Waals surface area contributed by atoms with E-state index in [2.05, 4.69) is 10.1 Å². The molecule has 1 aliphatic rings. The fraction of sp³-hybridized carbons (Fsp3) is 0.485. The van der Waals surface area contributed by atoms with E-state index in [-0.39, 0.29) is 6.61 Å². The Morgan fingerprint density at radius 3 is 2.28 bits per heavy atom. The average Bonchev–Trinajstić information content (AvgIpc) is 3.37. The third kappa shape index (κ3) is 9.17. The molecule has 1 aromatic heterocycles. The number of para-hydroxylation sites is 1. The second kappa shape index (κ2) is 17.5. The maximum atomic E-state index is 17.1. The molecule has 274 valence electrons. The summed E-state index contributed by atoms with van der Waals surface area (Å²) in [6.07, 6.45) is -5.42. The minimum Gasteiger partial charge on any atom is -0.453 e. The van der Waals surface area contributed by atoms with E-state index in [0.29, 0.717) is 34.0 Å². The summed E-state index contributed by atoms with van der Waals surface area (Å²) < 4.78 is 65.2. The van der Waals surface area contributed by atoms with Gasteiger partial charge in [-0.3, -0.25) is 13.9 Å². The standard InChI is InChI=1S/C33H45FN3O11PSi/c1-6-50(7-2,8-3)48-28-25(21-45-49(42)47-24-17-13-10-14-18-24)46-30(33(28,4)34)36-20-19-26(38)37(32(36)41)22-44-29(39)27(35-31(40)43-5)23-15-11-9-12-16-23/h9-20,25,27-30,39,49H,6-8,21-22H2,1-5H3,(H,35,40)/t25-,27+,28-,29?,30-,33-/m1/s1. The van der Waals surface area contributed by atoms with Crippen molar-refractivity contribution in [1.29, 1.82) is 0 Å². The molecule has 1 amide bonds. The number of nitrogens with one attached hydrogen (secondary N) is 1. The summed E-state index contributed by atoms with van der Waals surface area (Å²) in [4.78, 5) is 38.7. The van der Waals surface area contributed by atoms with Gasteiger partial charge in [-0.05, 0) is 42.8 Å². The van der Waals surface area contributed by atoms with Gasteiger partial charge in [0.1, 0.15) is 30.7 Å². The molecule has 2 heterocycles. The molecule has 3 aromatic rings. The zero-order valence-corrected chi connectivity index (χ0v) is 30.7. The van der Waals surface area contributed by atoms with Crippen molar-refractivity contribution in [3.63, 3.8) is 0 Å². The normalized spacial score (nSPS) is 22.4. The Morgan fingerprint density at radius 2 is 1.68 bits per heavy atom. The Bertz CT molecular complexity index is 1680. The van der Waals surface area contributed by atoms with Gasteiger partial charge in [-0.15, -0.1) is 0 Å². The van der Waals surface area contributed by atoms with Gasteiger partial charge in [0.25, 0.3) is 5.56 Å². The molecule has 4 rings (SSSR count). The first kappa shape index (κ1) is 39.2. The second-order valence-corrected chi connectivity index (χ2v) is 17.6. The van der Waals surface area contributed by atoms with Crippen LogP contribution in [0.4, 0.5) is 9.18 Å². The van der Waals surface area contributed by atoms with Gasteiger partial charge < -0.3 is 33.6 Å². The van der Waals surface area contributed by atoms with Crippen molar-refractivity contribution >= 4 is 22.7 Å². The molecule has 0 saturated carbocycles. The summed E-state index contributed by atoms with van der Waals surface area (Å²) in [5, 5.41) is 13.4. The molecule has 0 spiro atoms. The highest BCUT2D eigenvalue weighted by atomic mass is 31.1. The first-order valence-corrected chi connectivity index (χ1v) is 20.1. The van der Waals surface area contributed by atoms with Gasteiger partial charge in [0.15, 0.2) is 26.5 Å². The summed E-state index contributed by atoms with van der Waals surface area (Å²) >= 11 is 0. The number of methoxy groups -OCH3 is 1. The first-order valence-electron chi connectivity index (χ1n) is 16.3. The number of aliphatic hydroxyl groups excluding tert-OH is 1. The van der Waals surface area contributed by atoms with Crippen LogP contribution in [-0.2, 0) is 34.5 Å². The van der Waals surface area contributed by atoms with Crippen molar-refractivity contribution < 1.29 is 46.5 Å². The molecule has 0 aliphatic carbocycles. The minimum atomic E-state index is -3.09. The smallest absolute Gasteiger partial charge is 0.407 e. The number of hydrogen-bond donors (Lipinski definition) is 2. The maximum Gasteiger partial charge on any atom is 0.407 e. The zero-order chi connectivity index (χ0) is 36.5. The number of carbonyl (C=O) groups is 1. The second-order valence-electron chi connectivity index (χ2n) is 11.9. The van der Waals surface area contributed by atoms with Crippen molar-refractivity contribution in [3.05, 3.63) is 99.3 Å². The fourth-order valence-electron chi connectivity index (χ4n) is 5.80. The Balaban J connectivity index is 1.60. The molecule has 2 unspecified atom stereocenters. The van der Waals surface area contributed by atoms with E-state index in [1.54, 1.807) is 60.7 Å². The minimum absolute atomic E-state index is 0.330. The number of carbonyl (C=O) groups excluding carboxylic acids is 1. The van der Waals surface area contributed by atoms with Crippen LogP contribution in [0.15, 0.2) is 82.5 Å². The van der Waals surface area contributed by atoms with Gasteiger partial charge in [0, 0.05) is 12.3 Å². The summed E-state index contributed by atoms with van der Waals surface area (Å²) in [6, 6.07) is 18.8. The Kier molecular flexibility index (Phi) is 13.7. The quantitative estimate of drug-likeness (QED) is 0.110. The van der Waals surface area contributed by atoms with Gasteiger partial charge in [-0.1, -0.05) is 69.3 Å². The van der Waals surface area contributed by atoms with Crippen molar-refractivity contribution in [1.82, 2.24) is 14.5 Å². The largest absolute Gasteiger partial charge is 0.453 e. The number of ether oxygens (including phenoxy) is 3. The highest BCUT2D eigenvalue weighted by Gasteiger charge is 2.58. The molecule has 14 nitrogen and oxygen atoms in total. The van der Waals surface area contributed by atoms with Crippen LogP contribution in [0.5, 0.6) is 5.75 Å². The number of alkyl halides is 1. The van der Waals surface area contributed by atoms with Crippen LogP contribution >= 0.6 is 8.25 Å². The first-order chi connectivity index (χ1) is 23.9. The summed E-state index contributed by atoms with van der Waals surface area (Å²) in [5.41, 5.74) is -3.68. The number of alkyl carbamates (subject to hydrolysis) is 1. The molecule has 7 atom stereocenters. The number of nitrogens with zero attached hydrogens (tertiary/aromatic N) is 2. The van der Waals surface area contributed by atoms with Crippen LogP contribution in [-0.4, -0.2) is 66.5 Å². The number of rotatable bonds is 17. The van der Waals surface area contributed by atoms with Crippen LogP contribution in [0.1, 0.15) is 45.5 Å². The van der Waals surface area contributed by atoms with E-state index in [1.165, 1.54) is 6.92 Å². The van der Waals surface area contributed by atoms with Crippen LogP contribution in [0, 0.1) is 0 Å². The van der Waals surface area contributed by atoms with Gasteiger partial charge in [0.2, 0.25) is 0 Å². The fourth-order valence-corrected chi connectivity index (χ4v) is 9.41. The van der Waals surface area contributed by atoms with Crippen molar-refractivity contribution in [2.24, 2.45) is 0 Å². The van der Waals surface area contributed by atoms with Crippen molar-refractivity contribution in [2.45, 2.75) is 89.0 Å². The van der Waals surface area contributed by atoms with E-state index < -0.39 is 77.1 Å². The van der Waals surface area contributed by atoms with Gasteiger partial charge in [0.05, 0.1) is 13.7 Å². The highest BCUT2D eigenvalue weighted by Crippen LogP contribution is 2.45. The van der Waals surface area contributed by atoms with Crippen molar-refractivity contribution in [2.75, 3.05) is 13.7 Å².